The van der Waals surface area contributed by atoms with Crippen molar-refractivity contribution in [2.75, 3.05) is 0 Å². The van der Waals surface area contributed by atoms with Gasteiger partial charge in [-0.05, 0) is 94.0 Å². The topological polar surface area (TPSA) is 17.8 Å². The Bertz CT molecular complexity index is 2810. The Morgan fingerprint density at radius 1 is 0.442 bits per heavy atom. The average molecular weight is 699 g/mol. The highest BCUT2D eigenvalue weighted by Gasteiger charge is 2.49. The van der Waals surface area contributed by atoms with Crippen molar-refractivity contribution in [3.63, 3.8) is 0 Å². The summed E-state index contributed by atoms with van der Waals surface area (Å²) in [4.78, 5) is 9.92. The van der Waals surface area contributed by atoms with Crippen molar-refractivity contribution in [1.29, 1.82) is 0 Å². The summed E-state index contributed by atoms with van der Waals surface area (Å²) in [6.07, 6.45) is 1.88. The van der Waals surface area contributed by atoms with Crippen LogP contribution in [0, 0.1) is 0 Å². The van der Waals surface area contributed by atoms with E-state index in [2.05, 4.69) is 174 Å². The number of benzene rings is 7. The molecule has 7 aromatic carbocycles. The molecule has 0 fully saturated rings. The molecule has 2 aliphatic heterocycles. The third-order valence-corrected chi connectivity index (χ3v) is 13.1. The van der Waals surface area contributed by atoms with Gasteiger partial charge in [-0.2, -0.15) is 0 Å². The van der Waals surface area contributed by atoms with Gasteiger partial charge in [0.25, 0.3) is 0 Å². The van der Waals surface area contributed by atoms with E-state index >= 15 is 0 Å². The van der Waals surface area contributed by atoms with E-state index in [-0.39, 0.29) is 0 Å². The summed E-state index contributed by atoms with van der Waals surface area (Å²) in [5.41, 5.74) is 13.0. The van der Waals surface area contributed by atoms with Crippen LogP contribution in [0.5, 0.6) is 0 Å². The van der Waals surface area contributed by atoms with Crippen molar-refractivity contribution < 1.29 is 0 Å². The molecule has 0 unspecified atom stereocenters. The quantitative estimate of drug-likeness (QED) is 0.183. The fourth-order valence-corrected chi connectivity index (χ4v) is 11.2. The molecule has 0 atom stereocenters. The van der Waals surface area contributed by atoms with Gasteiger partial charge in [0, 0.05) is 47.8 Å². The lowest BCUT2D eigenvalue weighted by atomic mass is 9.64. The van der Waals surface area contributed by atoms with Crippen LogP contribution < -0.4 is 0 Å². The van der Waals surface area contributed by atoms with Gasteiger partial charge < -0.3 is 4.57 Å². The predicted molar refractivity (Wildman–Crippen MR) is 216 cm³/mol. The predicted octanol–water partition coefficient (Wildman–Crippen LogP) is 12.8. The van der Waals surface area contributed by atoms with Crippen molar-refractivity contribution in [2.45, 2.75) is 25.0 Å². The van der Waals surface area contributed by atoms with Crippen molar-refractivity contribution in [3.05, 3.63) is 204 Å². The first-order valence-corrected chi connectivity index (χ1v) is 19.3. The molecule has 0 N–H and O–H groups in total. The molecule has 0 bridgehead atoms. The molecule has 0 saturated carbocycles. The standard InChI is InChI=1S/C48H30N2S2/c1-2-13-33(14-3-1)50-42-21-7-4-15-35(42)36-29-31(25-27-43(36)50)34-16-12-19-40-47(34)52-46-30-32(41-20-10-11-28-49-41)24-26-39(46)48(40)37-17-5-8-22-44(37)51-45-23-9-6-18-38(45)48/h1-30H. The van der Waals surface area contributed by atoms with Crippen LogP contribution >= 0.6 is 23.5 Å². The number of pyridine rings is 1. The second kappa shape index (κ2) is 11.6. The average Bonchev–Trinajstić information content (AvgIpc) is 3.55. The van der Waals surface area contributed by atoms with E-state index in [0.29, 0.717) is 0 Å². The van der Waals surface area contributed by atoms with Crippen molar-refractivity contribution in [1.82, 2.24) is 9.55 Å². The third kappa shape index (κ3) is 4.25. The molecule has 9 aromatic rings. The van der Waals surface area contributed by atoms with Crippen molar-refractivity contribution in [3.8, 4) is 28.1 Å². The Kier molecular flexibility index (Phi) is 6.67. The van der Waals surface area contributed by atoms with E-state index in [4.69, 9.17) is 4.98 Å². The number of hydrogen-bond acceptors (Lipinski definition) is 3. The highest BCUT2D eigenvalue weighted by atomic mass is 32.2. The molecule has 0 saturated heterocycles. The van der Waals surface area contributed by atoms with Gasteiger partial charge in [0.05, 0.1) is 22.1 Å². The maximum Gasteiger partial charge on any atom is 0.0745 e. The Morgan fingerprint density at radius 3 is 1.92 bits per heavy atom. The third-order valence-electron chi connectivity index (χ3n) is 10.8. The van der Waals surface area contributed by atoms with Crippen molar-refractivity contribution >= 4 is 45.3 Å². The van der Waals surface area contributed by atoms with Gasteiger partial charge in [-0.3, -0.25) is 4.98 Å². The Balaban J connectivity index is 1.20. The van der Waals surface area contributed by atoms with E-state index < -0.39 is 5.41 Å². The number of rotatable bonds is 3. The van der Waals surface area contributed by atoms with Gasteiger partial charge in [0.15, 0.2) is 0 Å². The summed E-state index contributed by atoms with van der Waals surface area (Å²) >= 11 is 3.78. The lowest BCUT2D eigenvalue weighted by Crippen LogP contribution is -2.36. The molecular formula is C48H30N2S2. The Morgan fingerprint density at radius 2 is 1.12 bits per heavy atom. The SMILES string of the molecule is c1ccc(-n2c3ccccc3c3cc(-c4cccc5c4Sc4cc(-c6ccccn6)ccc4C54c5ccccc5Sc5ccccc54)ccc32)cc1. The maximum atomic E-state index is 4.75. The lowest BCUT2D eigenvalue weighted by Gasteiger charge is -2.46. The molecule has 52 heavy (non-hydrogen) atoms. The minimum atomic E-state index is -0.486. The van der Waals surface area contributed by atoms with Gasteiger partial charge in [-0.1, -0.05) is 139 Å². The van der Waals surface area contributed by atoms with Crippen LogP contribution in [0.2, 0.25) is 0 Å². The Labute approximate surface area is 310 Å². The molecule has 4 heterocycles. The fraction of sp³-hybridized carbons (Fsp3) is 0.0208. The summed E-state index contributed by atoms with van der Waals surface area (Å²) < 4.78 is 2.39. The number of aromatic nitrogens is 2. The monoisotopic (exact) mass is 698 g/mol. The summed E-state index contributed by atoms with van der Waals surface area (Å²) in [5.74, 6) is 0. The minimum absolute atomic E-state index is 0.486. The van der Waals surface area contributed by atoms with Crippen LogP contribution in [0.1, 0.15) is 22.3 Å². The molecule has 0 amide bonds. The number of para-hydroxylation sites is 2. The summed E-state index contributed by atoms with van der Waals surface area (Å²) in [6, 6.07) is 64.7. The summed E-state index contributed by atoms with van der Waals surface area (Å²) in [6.45, 7) is 0. The zero-order chi connectivity index (χ0) is 34.2. The highest BCUT2D eigenvalue weighted by Crippen LogP contribution is 2.63. The summed E-state index contributed by atoms with van der Waals surface area (Å²) in [5, 5.41) is 2.52. The van der Waals surface area contributed by atoms with Crippen molar-refractivity contribution in [2.24, 2.45) is 0 Å². The van der Waals surface area contributed by atoms with E-state index in [1.165, 1.54) is 80.5 Å². The summed E-state index contributed by atoms with van der Waals surface area (Å²) in [7, 11) is 0. The van der Waals surface area contributed by atoms with Crippen LogP contribution in [0.3, 0.4) is 0 Å². The van der Waals surface area contributed by atoms with E-state index in [1.54, 1.807) is 0 Å². The molecule has 4 heteroatoms. The number of hydrogen-bond donors (Lipinski definition) is 0. The van der Waals surface area contributed by atoms with Crippen LogP contribution in [0.4, 0.5) is 0 Å². The van der Waals surface area contributed by atoms with E-state index in [0.717, 1.165) is 11.3 Å². The van der Waals surface area contributed by atoms with E-state index in [1.807, 2.05) is 35.8 Å². The minimum Gasteiger partial charge on any atom is -0.309 e. The van der Waals surface area contributed by atoms with E-state index in [9.17, 15) is 0 Å². The van der Waals surface area contributed by atoms with Gasteiger partial charge in [0.1, 0.15) is 0 Å². The largest absolute Gasteiger partial charge is 0.309 e. The molecule has 2 aromatic heterocycles. The molecule has 1 spiro atoms. The van der Waals surface area contributed by atoms with Gasteiger partial charge in [-0.25, -0.2) is 0 Å². The molecule has 2 nitrogen and oxygen atoms in total. The second-order valence-corrected chi connectivity index (χ2v) is 15.6. The normalized spacial score (nSPS) is 13.8. The number of nitrogens with zero attached hydrogens (tertiary/aromatic N) is 2. The van der Waals surface area contributed by atoms with Gasteiger partial charge >= 0.3 is 0 Å². The first-order chi connectivity index (χ1) is 25.8. The fourth-order valence-electron chi connectivity index (χ4n) is 8.60. The second-order valence-electron chi connectivity index (χ2n) is 13.5. The molecule has 0 aliphatic carbocycles. The molecular weight excluding hydrogens is 669 g/mol. The van der Waals surface area contributed by atoms with Crippen LogP contribution in [0.25, 0.3) is 49.9 Å². The van der Waals surface area contributed by atoms with Crippen LogP contribution in [0.15, 0.2) is 202 Å². The lowest BCUT2D eigenvalue weighted by molar-refractivity contribution is 0.668. The zero-order valence-electron chi connectivity index (χ0n) is 28.0. The maximum absolute atomic E-state index is 4.75. The molecule has 11 rings (SSSR count). The zero-order valence-corrected chi connectivity index (χ0v) is 29.7. The van der Waals surface area contributed by atoms with Crippen LogP contribution in [-0.4, -0.2) is 9.55 Å². The molecule has 2 aliphatic rings. The van der Waals surface area contributed by atoms with Gasteiger partial charge in [-0.15, -0.1) is 0 Å². The Hall–Kier alpha value is -5.81. The highest BCUT2D eigenvalue weighted by molar-refractivity contribution is 8.00. The number of fused-ring (bicyclic) bond motifs is 11. The first kappa shape index (κ1) is 29.9. The smallest absolute Gasteiger partial charge is 0.0745 e. The molecule has 0 radical (unpaired) electrons. The van der Waals surface area contributed by atoms with Gasteiger partial charge in [0.2, 0.25) is 0 Å². The first-order valence-electron chi connectivity index (χ1n) is 17.6. The molecule has 244 valence electrons. The van der Waals surface area contributed by atoms with Crippen LogP contribution in [-0.2, 0) is 5.41 Å².